The molecule has 132 valence electrons. The molecule has 0 bridgehead atoms. The van der Waals surface area contributed by atoms with Gasteiger partial charge in [0.05, 0.1) is 6.61 Å². The van der Waals surface area contributed by atoms with Crippen LogP contribution in [0.1, 0.15) is 56.1 Å². The molecule has 3 rings (SSSR count). The normalized spacial score (nSPS) is 18.4. The average molecular weight is 330 g/mol. The van der Waals surface area contributed by atoms with Crippen LogP contribution >= 0.6 is 0 Å². The first-order chi connectivity index (χ1) is 11.8. The first kappa shape index (κ1) is 17.3. The molecule has 1 aromatic carbocycles. The number of urea groups is 1. The number of rotatable bonds is 7. The molecule has 2 fully saturated rings. The Kier molecular flexibility index (Phi) is 6.13. The van der Waals surface area contributed by atoms with Crippen molar-refractivity contribution in [1.29, 1.82) is 0 Å². The Morgan fingerprint density at radius 1 is 1.12 bits per heavy atom. The van der Waals surface area contributed by atoms with Gasteiger partial charge >= 0.3 is 6.03 Å². The summed E-state index contributed by atoms with van der Waals surface area (Å²) in [6.45, 7) is 2.10. The number of amides is 2. The maximum atomic E-state index is 12.7. The summed E-state index contributed by atoms with van der Waals surface area (Å²) < 4.78 is 5.25. The van der Waals surface area contributed by atoms with Crippen molar-refractivity contribution in [2.24, 2.45) is 5.92 Å². The molecule has 2 saturated carbocycles. The maximum Gasteiger partial charge on any atom is 0.317 e. The molecule has 4 heteroatoms. The fraction of sp³-hybridized carbons (Fsp3) is 0.650. The van der Waals surface area contributed by atoms with Gasteiger partial charge in [-0.15, -0.1) is 0 Å². The summed E-state index contributed by atoms with van der Waals surface area (Å²) in [5.41, 5.74) is 2.28. The van der Waals surface area contributed by atoms with Crippen molar-refractivity contribution >= 4 is 6.03 Å². The van der Waals surface area contributed by atoms with Crippen molar-refractivity contribution in [2.45, 2.75) is 64.1 Å². The van der Waals surface area contributed by atoms with Gasteiger partial charge in [0.2, 0.25) is 0 Å². The van der Waals surface area contributed by atoms with E-state index >= 15 is 0 Å². The summed E-state index contributed by atoms with van der Waals surface area (Å²) in [6, 6.07) is 8.74. The summed E-state index contributed by atoms with van der Waals surface area (Å²) in [4.78, 5) is 14.8. The second-order valence-electron chi connectivity index (χ2n) is 7.25. The summed E-state index contributed by atoms with van der Waals surface area (Å²) in [7, 11) is 1.70. The molecule has 0 heterocycles. The van der Waals surface area contributed by atoms with Gasteiger partial charge in [-0.25, -0.2) is 4.79 Å². The van der Waals surface area contributed by atoms with Crippen LogP contribution in [0.15, 0.2) is 24.3 Å². The smallest absolute Gasteiger partial charge is 0.317 e. The SMILES string of the molecule is COCc1ccccc1CNC(=O)N(CC1CCCCC1)C1CC1. The minimum absolute atomic E-state index is 0.107. The minimum atomic E-state index is 0.107. The zero-order chi connectivity index (χ0) is 16.8. The molecule has 0 aliphatic heterocycles. The molecule has 4 nitrogen and oxygen atoms in total. The van der Waals surface area contributed by atoms with Gasteiger partial charge in [0.15, 0.2) is 0 Å². The van der Waals surface area contributed by atoms with Crippen LogP contribution in [-0.2, 0) is 17.9 Å². The van der Waals surface area contributed by atoms with Crippen molar-refractivity contribution in [3.8, 4) is 0 Å². The van der Waals surface area contributed by atoms with Gasteiger partial charge in [0, 0.05) is 26.2 Å². The topological polar surface area (TPSA) is 41.6 Å². The molecule has 0 aromatic heterocycles. The van der Waals surface area contributed by atoms with Crippen LogP contribution in [0.3, 0.4) is 0 Å². The third-order valence-electron chi connectivity index (χ3n) is 5.28. The molecule has 2 amide bonds. The Morgan fingerprint density at radius 3 is 2.50 bits per heavy atom. The number of nitrogens with zero attached hydrogens (tertiary/aromatic N) is 1. The highest BCUT2D eigenvalue weighted by atomic mass is 16.5. The average Bonchev–Trinajstić information content (AvgIpc) is 3.45. The van der Waals surface area contributed by atoms with Crippen molar-refractivity contribution in [3.63, 3.8) is 0 Å². The molecule has 1 N–H and O–H groups in total. The Balaban J connectivity index is 1.56. The maximum absolute atomic E-state index is 12.7. The van der Waals surface area contributed by atoms with Crippen molar-refractivity contribution in [1.82, 2.24) is 10.2 Å². The zero-order valence-electron chi connectivity index (χ0n) is 14.8. The number of nitrogens with one attached hydrogen (secondary N) is 1. The van der Waals surface area contributed by atoms with Crippen LogP contribution in [0.25, 0.3) is 0 Å². The zero-order valence-corrected chi connectivity index (χ0v) is 14.8. The molecular formula is C20H30N2O2. The van der Waals surface area contributed by atoms with Crippen LogP contribution in [0, 0.1) is 5.92 Å². The second-order valence-corrected chi connectivity index (χ2v) is 7.25. The molecule has 2 aliphatic rings. The van der Waals surface area contributed by atoms with E-state index in [-0.39, 0.29) is 6.03 Å². The largest absolute Gasteiger partial charge is 0.380 e. The van der Waals surface area contributed by atoms with E-state index in [1.165, 1.54) is 44.9 Å². The van der Waals surface area contributed by atoms with E-state index in [1.54, 1.807) is 7.11 Å². The fourth-order valence-electron chi connectivity index (χ4n) is 3.73. The highest BCUT2D eigenvalue weighted by molar-refractivity contribution is 5.75. The Morgan fingerprint density at radius 2 is 1.83 bits per heavy atom. The molecule has 2 aliphatic carbocycles. The molecule has 0 spiro atoms. The Bertz CT molecular complexity index is 536. The number of carbonyl (C=O) groups is 1. The summed E-state index contributed by atoms with van der Waals surface area (Å²) in [5, 5.41) is 3.14. The highest BCUT2D eigenvalue weighted by Crippen LogP contribution is 2.31. The second kappa shape index (κ2) is 8.52. The summed E-state index contributed by atoms with van der Waals surface area (Å²) >= 11 is 0. The molecule has 24 heavy (non-hydrogen) atoms. The lowest BCUT2D eigenvalue weighted by atomic mass is 9.89. The van der Waals surface area contributed by atoms with Crippen LogP contribution in [-0.4, -0.2) is 30.6 Å². The standard InChI is InChI=1S/C20H30N2O2/c1-24-15-18-10-6-5-9-17(18)13-21-20(23)22(19-11-12-19)14-16-7-3-2-4-8-16/h5-6,9-10,16,19H,2-4,7-8,11-15H2,1H3,(H,21,23). The number of benzene rings is 1. The predicted octanol–water partition coefficient (Wildman–Crippen LogP) is 4.09. The van der Waals surface area contributed by atoms with Gasteiger partial charge in [-0.3, -0.25) is 0 Å². The molecule has 1 aromatic rings. The molecule has 0 atom stereocenters. The van der Waals surface area contributed by atoms with Gasteiger partial charge in [0.25, 0.3) is 0 Å². The number of hydrogen-bond donors (Lipinski definition) is 1. The fourth-order valence-corrected chi connectivity index (χ4v) is 3.73. The third-order valence-corrected chi connectivity index (χ3v) is 5.28. The van der Waals surface area contributed by atoms with E-state index in [0.717, 1.165) is 17.7 Å². The quantitative estimate of drug-likeness (QED) is 0.818. The lowest BCUT2D eigenvalue weighted by Crippen LogP contribution is -2.44. The first-order valence-corrected chi connectivity index (χ1v) is 9.38. The van der Waals surface area contributed by atoms with Crippen LogP contribution in [0.5, 0.6) is 0 Å². The van der Waals surface area contributed by atoms with Crippen LogP contribution in [0.2, 0.25) is 0 Å². The van der Waals surface area contributed by atoms with Crippen molar-refractivity contribution in [3.05, 3.63) is 35.4 Å². The minimum Gasteiger partial charge on any atom is -0.380 e. The van der Waals surface area contributed by atoms with Gasteiger partial charge in [0.1, 0.15) is 0 Å². The van der Waals surface area contributed by atoms with Crippen molar-refractivity contribution < 1.29 is 9.53 Å². The van der Waals surface area contributed by atoms with Crippen molar-refractivity contribution in [2.75, 3.05) is 13.7 Å². The Labute approximate surface area is 145 Å². The van der Waals surface area contributed by atoms with E-state index in [2.05, 4.69) is 22.3 Å². The van der Waals surface area contributed by atoms with E-state index in [0.29, 0.717) is 25.1 Å². The monoisotopic (exact) mass is 330 g/mol. The van der Waals surface area contributed by atoms with E-state index in [4.69, 9.17) is 4.74 Å². The number of ether oxygens (including phenoxy) is 1. The van der Waals surface area contributed by atoms with Gasteiger partial charge in [-0.05, 0) is 42.7 Å². The predicted molar refractivity (Wildman–Crippen MR) is 95.7 cm³/mol. The first-order valence-electron chi connectivity index (χ1n) is 9.38. The summed E-state index contributed by atoms with van der Waals surface area (Å²) in [5.74, 6) is 0.700. The number of hydrogen-bond acceptors (Lipinski definition) is 2. The van der Waals surface area contributed by atoms with Gasteiger partial charge in [-0.2, -0.15) is 0 Å². The van der Waals surface area contributed by atoms with E-state index in [1.807, 2.05) is 12.1 Å². The van der Waals surface area contributed by atoms with Crippen LogP contribution in [0.4, 0.5) is 4.79 Å². The molecule has 0 radical (unpaired) electrons. The van der Waals surface area contributed by atoms with Gasteiger partial charge < -0.3 is 15.0 Å². The van der Waals surface area contributed by atoms with E-state index in [9.17, 15) is 4.79 Å². The number of methoxy groups -OCH3 is 1. The Hall–Kier alpha value is -1.55. The number of carbonyl (C=O) groups excluding carboxylic acids is 1. The van der Waals surface area contributed by atoms with E-state index < -0.39 is 0 Å². The summed E-state index contributed by atoms with van der Waals surface area (Å²) in [6.07, 6.45) is 8.92. The third kappa shape index (κ3) is 4.73. The molecular weight excluding hydrogens is 300 g/mol. The molecule has 0 saturated heterocycles. The highest BCUT2D eigenvalue weighted by Gasteiger charge is 2.34. The van der Waals surface area contributed by atoms with Crippen LogP contribution < -0.4 is 5.32 Å². The lowest BCUT2D eigenvalue weighted by Gasteiger charge is -2.30. The van der Waals surface area contributed by atoms with Gasteiger partial charge in [-0.1, -0.05) is 43.5 Å². The molecule has 0 unspecified atom stereocenters. The lowest BCUT2D eigenvalue weighted by molar-refractivity contribution is 0.173.